The van der Waals surface area contributed by atoms with E-state index in [0.29, 0.717) is 10.9 Å². The van der Waals surface area contributed by atoms with Crippen LogP contribution in [0.15, 0.2) is 24.7 Å². The maximum absolute atomic E-state index is 6.35. The Morgan fingerprint density at radius 3 is 2.80 bits per heavy atom. The first-order valence-corrected chi connectivity index (χ1v) is 7.37. The fourth-order valence-corrected chi connectivity index (χ4v) is 2.32. The molecular weight excluding hydrogens is 272 g/mol. The Kier molecular flexibility index (Phi) is 5.15. The van der Waals surface area contributed by atoms with Crippen molar-refractivity contribution < 1.29 is 0 Å². The Morgan fingerprint density at radius 2 is 2.15 bits per heavy atom. The number of nitrogens with zero attached hydrogens (tertiary/aromatic N) is 3. The van der Waals surface area contributed by atoms with Crippen LogP contribution >= 0.6 is 11.6 Å². The van der Waals surface area contributed by atoms with Gasteiger partial charge in [0.25, 0.3) is 0 Å². The molecule has 2 aromatic heterocycles. The zero-order valence-corrected chi connectivity index (χ0v) is 13.0. The number of aromatic nitrogens is 3. The fraction of sp³-hybridized carbons (Fsp3) is 0.467. The van der Waals surface area contributed by atoms with E-state index >= 15 is 0 Å². The summed E-state index contributed by atoms with van der Waals surface area (Å²) in [5.41, 5.74) is 1.09. The van der Waals surface area contributed by atoms with Gasteiger partial charge in [0.2, 0.25) is 0 Å². The Balaban J connectivity index is 2.14. The minimum Gasteiger partial charge on any atom is -0.312 e. The lowest BCUT2D eigenvalue weighted by molar-refractivity contribution is 0.552. The molecule has 0 aliphatic heterocycles. The van der Waals surface area contributed by atoms with E-state index in [-0.39, 0.29) is 0 Å². The molecule has 4 nitrogen and oxygen atoms in total. The molecule has 1 N–H and O–H groups in total. The van der Waals surface area contributed by atoms with E-state index in [1.165, 1.54) is 0 Å². The quantitative estimate of drug-likeness (QED) is 0.889. The molecule has 0 bridgehead atoms. The summed E-state index contributed by atoms with van der Waals surface area (Å²) < 4.78 is 1.94. The number of pyridine rings is 1. The number of aryl methyl sites for hydroxylation is 1. The summed E-state index contributed by atoms with van der Waals surface area (Å²) in [6, 6.07) is 1.97. The van der Waals surface area contributed by atoms with Crippen molar-refractivity contribution in [1.82, 2.24) is 19.9 Å². The van der Waals surface area contributed by atoms with E-state index < -0.39 is 0 Å². The van der Waals surface area contributed by atoms with Crippen molar-refractivity contribution >= 4 is 11.6 Å². The van der Waals surface area contributed by atoms with Crippen LogP contribution in [0.3, 0.4) is 0 Å². The van der Waals surface area contributed by atoms with Crippen molar-refractivity contribution in [3.8, 4) is 5.82 Å². The van der Waals surface area contributed by atoms with Crippen LogP contribution in [-0.2, 0) is 13.0 Å². The molecule has 2 rings (SSSR count). The first-order chi connectivity index (χ1) is 9.61. The summed E-state index contributed by atoms with van der Waals surface area (Å²) >= 11 is 6.35. The lowest BCUT2D eigenvalue weighted by atomic mass is 10.2. The zero-order chi connectivity index (χ0) is 14.5. The molecule has 0 radical (unpaired) electrons. The van der Waals surface area contributed by atoms with E-state index in [4.69, 9.17) is 11.6 Å². The van der Waals surface area contributed by atoms with Crippen molar-refractivity contribution in [2.45, 2.75) is 33.7 Å². The largest absolute Gasteiger partial charge is 0.312 e. The number of rotatable bonds is 6. The maximum Gasteiger partial charge on any atom is 0.156 e. The van der Waals surface area contributed by atoms with E-state index in [1.807, 2.05) is 23.0 Å². The number of nitrogens with one attached hydrogen (secondary N) is 1. The number of hydrogen-bond acceptors (Lipinski definition) is 3. The average molecular weight is 293 g/mol. The Labute approximate surface area is 125 Å². The highest BCUT2D eigenvalue weighted by Crippen LogP contribution is 2.20. The van der Waals surface area contributed by atoms with Gasteiger partial charge in [-0.05, 0) is 24.1 Å². The summed E-state index contributed by atoms with van der Waals surface area (Å²) in [4.78, 5) is 8.77. The van der Waals surface area contributed by atoms with Crippen LogP contribution in [0.1, 0.15) is 32.2 Å². The zero-order valence-electron chi connectivity index (χ0n) is 12.2. The van der Waals surface area contributed by atoms with Gasteiger partial charge < -0.3 is 5.32 Å². The lowest BCUT2D eigenvalue weighted by Crippen LogP contribution is -2.19. The summed E-state index contributed by atoms with van der Waals surface area (Å²) in [5, 5.41) is 4.04. The third-order valence-corrected chi connectivity index (χ3v) is 3.30. The second kappa shape index (κ2) is 6.86. The van der Waals surface area contributed by atoms with Crippen LogP contribution < -0.4 is 5.32 Å². The summed E-state index contributed by atoms with van der Waals surface area (Å²) in [7, 11) is 0. The highest BCUT2D eigenvalue weighted by Gasteiger charge is 2.09. The summed E-state index contributed by atoms with van der Waals surface area (Å²) in [6.07, 6.45) is 6.38. The first kappa shape index (κ1) is 15.0. The number of halogens is 1. The molecule has 0 aliphatic carbocycles. The normalized spacial score (nSPS) is 11.2. The van der Waals surface area contributed by atoms with Gasteiger partial charge in [0.05, 0.1) is 5.02 Å². The predicted octanol–water partition coefficient (Wildman–Crippen LogP) is 3.23. The van der Waals surface area contributed by atoms with Gasteiger partial charge in [-0.2, -0.15) is 0 Å². The van der Waals surface area contributed by atoms with E-state index in [2.05, 4.69) is 36.1 Å². The Morgan fingerprint density at radius 1 is 1.35 bits per heavy atom. The third-order valence-electron chi connectivity index (χ3n) is 3.02. The molecule has 0 spiro atoms. The van der Waals surface area contributed by atoms with E-state index in [9.17, 15) is 0 Å². The summed E-state index contributed by atoms with van der Waals surface area (Å²) in [5.74, 6) is 2.34. The highest BCUT2D eigenvalue weighted by molar-refractivity contribution is 6.32. The van der Waals surface area contributed by atoms with Crippen LogP contribution in [0, 0.1) is 5.92 Å². The Bertz CT molecular complexity index is 563. The van der Waals surface area contributed by atoms with E-state index in [1.54, 1.807) is 6.20 Å². The molecular formula is C15H21ClN4. The topological polar surface area (TPSA) is 42.7 Å². The maximum atomic E-state index is 6.35. The highest BCUT2D eigenvalue weighted by atomic mass is 35.5. The van der Waals surface area contributed by atoms with Gasteiger partial charge in [0.1, 0.15) is 5.82 Å². The minimum atomic E-state index is 0.635. The van der Waals surface area contributed by atoms with Crippen LogP contribution in [-0.4, -0.2) is 21.1 Å². The second-order valence-electron chi connectivity index (χ2n) is 5.24. The fourth-order valence-electron chi connectivity index (χ4n) is 2.04. The first-order valence-electron chi connectivity index (χ1n) is 6.99. The molecule has 20 heavy (non-hydrogen) atoms. The minimum absolute atomic E-state index is 0.635. The van der Waals surface area contributed by atoms with Crippen molar-refractivity contribution in [1.29, 1.82) is 0 Å². The molecule has 5 heteroatoms. The van der Waals surface area contributed by atoms with Crippen molar-refractivity contribution in [2.75, 3.05) is 6.54 Å². The molecule has 0 saturated carbocycles. The molecule has 0 unspecified atom stereocenters. The van der Waals surface area contributed by atoms with Gasteiger partial charge in [-0.15, -0.1) is 0 Å². The molecule has 0 amide bonds. The van der Waals surface area contributed by atoms with Gasteiger partial charge in [-0.25, -0.2) is 9.97 Å². The lowest BCUT2D eigenvalue weighted by Gasteiger charge is -2.11. The molecule has 0 saturated heterocycles. The smallest absolute Gasteiger partial charge is 0.156 e. The summed E-state index contributed by atoms with van der Waals surface area (Å²) in [6.45, 7) is 8.22. The van der Waals surface area contributed by atoms with Gasteiger partial charge in [-0.1, -0.05) is 32.4 Å². The van der Waals surface area contributed by atoms with Crippen LogP contribution in [0.5, 0.6) is 0 Å². The molecule has 2 heterocycles. The van der Waals surface area contributed by atoms with Gasteiger partial charge >= 0.3 is 0 Å². The van der Waals surface area contributed by atoms with E-state index in [0.717, 1.165) is 36.7 Å². The predicted molar refractivity (Wildman–Crippen MR) is 82.3 cm³/mol. The standard InChI is InChI=1S/C15H21ClN4/c1-4-14-18-5-6-20(14)15-13(16)7-12(10-19-15)9-17-8-11(2)3/h5-7,10-11,17H,4,8-9H2,1-3H3. The van der Waals surface area contributed by atoms with Crippen LogP contribution in [0.25, 0.3) is 5.82 Å². The van der Waals surface area contributed by atoms with Crippen molar-refractivity contribution in [3.05, 3.63) is 41.1 Å². The molecule has 0 aromatic carbocycles. The van der Waals surface area contributed by atoms with Crippen LogP contribution in [0.2, 0.25) is 5.02 Å². The third kappa shape index (κ3) is 3.58. The van der Waals surface area contributed by atoms with Crippen molar-refractivity contribution in [2.24, 2.45) is 5.92 Å². The van der Waals surface area contributed by atoms with Gasteiger partial charge in [0, 0.05) is 31.6 Å². The number of imidazole rings is 1. The molecule has 0 fully saturated rings. The average Bonchev–Trinajstić information content (AvgIpc) is 2.86. The SMILES string of the molecule is CCc1nccn1-c1ncc(CNCC(C)C)cc1Cl. The number of hydrogen-bond donors (Lipinski definition) is 1. The van der Waals surface area contributed by atoms with Gasteiger partial charge in [0.15, 0.2) is 5.82 Å². The molecule has 0 atom stereocenters. The van der Waals surface area contributed by atoms with Crippen molar-refractivity contribution in [3.63, 3.8) is 0 Å². The van der Waals surface area contributed by atoms with Gasteiger partial charge in [-0.3, -0.25) is 4.57 Å². The second-order valence-corrected chi connectivity index (χ2v) is 5.65. The molecule has 0 aliphatic rings. The molecule has 2 aromatic rings. The monoisotopic (exact) mass is 292 g/mol. The van der Waals surface area contributed by atoms with Crippen LogP contribution in [0.4, 0.5) is 0 Å². The molecule has 108 valence electrons. The Hall–Kier alpha value is -1.39.